The molecule has 0 saturated heterocycles. The SMILES string of the molecule is CCCCCNC(=O)c1ccnc(Nc2cccc(C)c2)c1. The number of hydrogen-bond donors (Lipinski definition) is 2. The first-order valence-corrected chi connectivity index (χ1v) is 7.77. The number of carbonyl (C=O) groups excluding carboxylic acids is 1. The van der Waals surface area contributed by atoms with E-state index in [4.69, 9.17) is 0 Å². The van der Waals surface area contributed by atoms with Gasteiger partial charge in [-0.3, -0.25) is 4.79 Å². The van der Waals surface area contributed by atoms with E-state index in [2.05, 4.69) is 22.5 Å². The first-order valence-electron chi connectivity index (χ1n) is 7.77. The zero-order valence-electron chi connectivity index (χ0n) is 13.2. The average molecular weight is 297 g/mol. The summed E-state index contributed by atoms with van der Waals surface area (Å²) in [5.41, 5.74) is 2.77. The van der Waals surface area contributed by atoms with Crippen LogP contribution in [0.4, 0.5) is 11.5 Å². The molecule has 2 aromatic rings. The number of carbonyl (C=O) groups is 1. The molecule has 0 saturated carbocycles. The van der Waals surface area contributed by atoms with Gasteiger partial charge in [0.2, 0.25) is 0 Å². The van der Waals surface area contributed by atoms with Crippen LogP contribution in [0, 0.1) is 6.92 Å². The number of hydrogen-bond acceptors (Lipinski definition) is 3. The van der Waals surface area contributed by atoms with Gasteiger partial charge in [-0.05, 0) is 43.2 Å². The molecule has 116 valence electrons. The normalized spacial score (nSPS) is 10.3. The van der Waals surface area contributed by atoms with E-state index in [0.29, 0.717) is 11.4 Å². The van der Waals surface area contributed by atoms with Crippen molar-refractivity contribution in [2.45, 2.75) is 33.1 Å². The van der Waals surface area contributed by atoms with Gasteiger partial charge in [-0.15, -0.1) is 0 Å². The molecule has 0 aliphatic rings. The Kier molecular flexibility index (Phi) is 5.95. The van der Waals surface area contributed by atoms with E-state index in [9.17, 15) is 4.79 Å². The molecule has 0 fully saturated rings. The van der Waals surface area contributed by atoms with Crippen molar-refractivity contribution in [2.75, 3.05) is 11.9 Å². The van der Waals surface area contributed by atoms with Crippen molar-refractivity contribution in [3.63, 3.8) is 0 Å². The molecular formula is C18H23N3O. The summed E-state index contributed by atoms with van der Waals surface area (Å²) in [4.78, 5) is 16.4. The molecule has 1 amide bonds. The van der Waals surface area contributed by atoms with E-state index >= 15 is 0 Å². The highest BCUT2D eigenvalue weighted by molar-refractivity contribution is 5.94. The summed E-state index contributed by atoms with van der Waals surface area (Å²) in [6.45, 7) is 4.91. The van der Waals surface area contributed by atoms with Crippen LogP contribution >= 0.6 is 0 Å². The van der Waals surface area contributed by atoms with Crippen molar-refractivity contribution in [3.05, 3.63) is 53.7 Å². The lowest BCUT2D eigenvalue weighted by molar-refractivity contribution is 0.0953. The minimum absolute atomic E-state index is 0.0502. The van der Waals surface area contributed by atoms with Crippen LogP contribution in [0.15, 0.2) is 42.6 Å². The van der Waals surface area contributed by atoms with Crippen LogP contribution in [0.25, 0.3) is 0 Å². The number of aryl methyl sites for hydroxylation is 1. The summed E-state index contributed by atoms with van der Waals surface area (Å²) >= 11 is 0. The molecule has 0 aliphatic carbocycles. The van der Waals surface area contributed by atoms with Crippen LogP contribution in [0.2, 0.25) is 0 Å². The number of amides is 1. The molecule has 0 bridgehead atoms. The number of rotatable bonds is 7. The van der Waals surface area contributed by atoms with Crippen LogP contribution in [0.1, 0.15) is 42.1 Å². The van der Waals surface area contributed by atoms with Crippen molar-refractivity contribution in [1.29, 1.82) is 0 Å². The highest BCUT2D eigenvalue weighted by atomic mass is 16.1. The molecule has 0 unspecified atom stereocenters. The Labute approximate surface area is 132 Å². The Morgan fingerprint density at radius 1 is 1.18 bits per heavy atom. The second kappa shape index (κ2) is 8.17. The van der Waals surface area contributed by atoms with Crippen LogP contribution < -0.4 is 10.6 Å². The number of pyridine rings is 1. The Balaban J connectivity index is 1.98. The third-order valence-corrected chi connectivity index (χ3v) is 3.38. The third-order valence-electron chi connectivity index (χ3n) is 3.38. The Morgan fingerprint density at radius 2 is 2.05 bits per heavy atom. The van der Waals surface area contributed by atoms with E-state index in [-0.39, 0.29) is 5.91 Å². The average Bonchev–Trinajstić information content (AvgIpc) is 2.52. The highest BCUT2D eigenvalue weighted by Crippen LogP contribution is 2.16. The van der Waals surface area contributed by atoms with Crippen LogP contribution in [0.5, 0.6) is 0 Å². The van der Waals surface area contributed by atoms with Gasteiger partial charge in [0.05, 0.1) is 0 Å². The first kappa shape index (κ1) is 16.0. The topological polar surface area (TPSA) is 54.0 Å². The van der Waals surface area contributed by atoms with Crippen molar-refractivity contribution < 1.29 is 4.79 Å². The van der Waals surface area contributed by atoms with E-state index in [1.807, 2.05) is 31.2 Å². The van der Waals surface area contributed by atoms with Gasteiger partial charge in [0.15, 0.2) is 0 Å². The fraction of sp³-hybridized carbons (Fsp3) is 0.333. The number of aromatic nitrogens is 1. The van der Waals surface area contributed by atoms with Gasteiger partial charge in [-0.1, -0.05) is 31.9 Å². The van der Waals surface area contributed by atoms with Crippen molar-refractivity contribution in [1.82, 2.24) is 10.3 Å². The van der Waals surface area contributed by atoms with Gasteiger partial charge >= 0.3 is 0 Å². The number of unbranched alkanes of at least 4 members (excludes halogenated alkanes) is 2. The molecule has 2 rings (SSSR count). The molecule has 4 nitrogen and oxygen atoms in total. The van der Waals surface area contributed by atoms with Gasteiger partial charge < -0.3 is 10.6 Å². The quantitative estimate of drug-likeness (QED) is 0.758. The lowest BCUT2D eigenvalue weighted by Crippen LogP contribution is -2.24. The predicted molar refractivity (Wildman–Crippen MR) is 90.6 cm³/mol. The van der Waals surface area contributed by atoms with Gasteiger partial charge in [0, 0.05) is 24.0 Å². The van der Waals surface area contributed by atoms with Crippen LogP contribution in [0.3, 0.4) is 0 Å². The summed E-state index contributed by atoms with van der Waals surface area (Å²) in [5, 5.41) is 6.16. The number of anilines is 2. The Hall–Kier alpha value is -2.36. The lowest BCUT2D eigenvalue weighted by atomic mass is 10.2. The highest BCUT2D eigenvalue weighted by Gasteiger charge is 2.06. The minimum Gasteiger partial charge on any atom is -0.352 e. The van der Waals surface area contributed by atoms with Gasteiger partial charge in [0.25, 0.3) is 5.91 Å². The Morgan fingerprint density at radius 3 is 2.82 bits per heavy atom. The monoisotopic (exact) mass is 297 g/mol. The van der Waals surface area contributed by atoms with Gasteiger partial charge in [-0.25, -0.2) is 4.98 Å². The van der Waals surface area contributed by atoms with Crippen LogP contribution in [-0.2, 0) is 0 Å². The molecule has 4 heteroatoms. The molecule has 1 aromatic heterocycles. The van der Waals surface area contributed by atoms with Gasteiger partial charge in [0.1, 0.15) is 5.82 Å². The number of benzene rings is 1. The van der Waals surface area contributed by atoms with Crippen LogP contribution in [-0.4, -0.2) is 17.4 Å². The molecular weight excluding hydrogens is 274 g/mol. The van der Waals surface area contributed by atoms with Crippen molar-refractivity contribution in [3.8, 4) is 0 Å². The lowest BCUT2D eigenvalue weighted by Gasteiger charge is -2.08. The van der Waals surface area contributed by atoms with Crippen molar-refractivity contribution in [2.24, 2.45) is 0 Å². The maximum absolute atomic E-state index is 12.1. The van der Waals surface area contributed by atoms with Crippen molar-refractivity contribution >= 4 is 17.4 Å². The van der Waals surface area contributed by atoms with Gasteiger partial charge in [-0.2, -0.15) is 0 Å². The van der Waals surface area contributed by atoms with E-state index in [1.54, 1.807) is 18.3 Å². The smallest absolute Gasteiger partial charge is 0.251 e. The van der Waals surface area contributed by atoms with E-state index in [1.165, 1.54) is 5.56 Å². The van der Waals surface area contributed by atoms with E-state index in [0.717, 1.165) is 31.5 Å². The van der Waals surface area contributed by atoms with E-state index < -0.39 is 0 Å². The zero-order valence-corrected chi connectivity index (χ0v) is 13.2. The molecule has 1 heterocycles. The minimum atomic E-state index is -0.0502. The summed E-state index contributed by atoms with van der Waals surface area (Å²) < 4.78 is 0. The maximum Gasteiger partial charge on any atom is 0.251 e. The Bertz CT molecular complexity index is 625. The zero-order chi connectivity index (χ0) is 15.8. The molecule has 2 N–H and O–H groups in total. The molecule has 0 atom stereocenters. The fourth-order valence-corrected chi connectivity index (χ4v) is 2.19. The molecule has 0 spiro atoms. The summed E-state index contributed by atoms with van der Waals surface area (Å²) in [5.74, 6) is 0.623. The molecule has 1 aromatic carbocycles. The standard InChI is InChI=1S/C18H23N3O/c1-3-4-5-10-20-18(22)15-9-11-19-17(13-15)21-16-8-6-7-14(2)12-16/h6-9,11-13H,3-5,10H2,1-2H3,(H,19,21)(H,20,22). The summed E-state index contributed by atoms with van der Waals surface area (Å²) in [6.07, 6.45) is 4.95. The summed E-state index contributed by atoms with van der Waals surface area (Å²) in [6, 6.07) is 11.6. The molecule has 0 aliphatic heterocycles. The third kappa shape index (κ3) is 4.88. The number of nitrogens with one attached hydrogen (secondary N) is 2. The summed E-state index contributed by atoms with van der Waals surface area (Å²) in [7, 11) is 0. The second-order valence-corrected chi connectivity index (χ2v) is 5.39. The largest absolute Gasteiger partial charge is 0.352 e. The fourth-order valence-electron chi connectivity index (χ4n) is 2.19. The second-order valence-electron chi connectivity index (χ2n) is 5.39. The number of nitrogens with zero attached hydrogens (tertiary/aromatic N) is 1. The maximum atomic E-state index is 12.1. The predicted octanol–water partition coefficient (Wildman–Crippen LogP) is 4.05. The molecule has 22 heavy (non-hydrogen) atoms. The first-order chi connectivity index (χ1) is 10.7. The molecule has 0 radical (unpaired) electrons.